The summed E-state index contributed by atoms with van der Waals surface area (Å²) in [6.07, 6.45) is 0.482. The monoisotopic (exact) mass is 294 g/mol. The third-order valence-electron chi connectivity index (χ3n) is 3.70. The highest BCUT2D eigenvalue weighted by molar-refractivity contribution is 5.98. The van der Waals surface area contributed by atoms with Crippen molar-refractivity contribution in [1.29, 1.82) is 0 Å². The SMILES string of the molecule is O=C(NC(CCO)c1ccccc1)c1cc2ccccc2[nH]1. The third kappa shape index (κ3) is 3.02. The van der Waals surface area contributed by atoms with Crippen LogP contribution < -0.4 is 5.32 Å². The predicted octanol–water partition coefficient (Wildman–Crippen LogP) is 3.02. The second-order valence-corrected chi connectivity index (χ2v) is 5.22. The van der Waals surface area contributed by atoms with Gasteiger partial charge in [0.05, 0.1) is 6.04 Å². The first kappa shape index (κ1) is 14.4. The molecule has 0 aliphatic carbocycles. The van der Waals surface area contributed by atoms with Gasteiger partial charge in [0, 0.05) is 17.5 Å². The number of aromatic nitrogens is 1. The number of para-hydroxylation sites is 1. The van der Waals surface area contributed by atoms with Crippen LogP contribution in [0.15, 0.2) is 60.7 Å². The fourth-order valence-corrected chi connectivity index (χ4v) is 2.57. The first-order valence-corrected chi connectivity index (χ1v) is 7.32. The van der Waals surface area contributed by atoms with Gasteiger partial charge in [-0.15, -0.1) is 0 Å². The van der Waals surface area contributed by atoms with Gasteiger partial charge >= 0.3 is 0 Å². The zero-order chi connectivity index (χ0) is 15.4. The molecule has 2 aromatic carbocycles. The highest BCUT2D eigenvalue weighted by Crippen LogP contribution is 2.19. The van der Waals surface area contributed by atoms with Crippen LogP contribution in [0.5, 0.6) is 0 Å². The zero-order valence-corrected chi connectivity index (χ0v) is 12.1. The van der Waals surface area contributed by atoms with Crippen molar-refractivity contribution in [2.45, 2.75) is 12.5 Å². The number of aliphatic hydroxyl groups excluding tert-OH is 1. The fraction of sp³-hybridized carbons (Fsp3) is 0.167. The first-order valence-electron chi connectivity index (χ1n) is 7.32. The fourth-order valence-electron chi connectivity index (χ4n) is 2.57. The lowest BCUT2D eigenvalue weighted by Crippen LogP contribution is -2.29. The van der Waals surface area contributed by atoms with Gasteiger partial charge in [0.1, 0.15) is 5.69 Å². The van der Waals surface area contributed by atoms with E-state index in [9.17, 15) is 9.90 Å². The molecule has 0 spiro atoms. The van der Waals surface area contributed by atoms with E-state index >= 15 is 0 Å². The number of hydrogen-bond acceptors (Lipinski definition) is 2. The van der Waals surface area contributed by atoms with Crippen LogP contribution in [0.2, 0.25) is 0 Å². The maximum absolute atomic E-state index is 12.4. The number of aromatic amines is 1. The van der Waals surface area contributed by atoms with Crippen molar-refractivity contribution in [2.24, 2.45) is 0 Å². The zero-order valence-electron chi connectivity index (χ0n) is 12.1. The van der Waals surface area contributed by atoms with E-state index in [-0.39, 0.29) is 18.6 Å². The van der Waals surface area contributed by atoms with Crippen molar-refractivity contribution >= 4 is 16.8 Å². The van der Waals surface area contributed by atoms with Crippen LogP contribution in [0.1, 0.15) is 28.5 Å². The Morgan fingerprint density at radius 3 is 2.55 bits per heavy atom. The summed E-state index contributed by atoms with van der Waals surface area (Å²) in [5.41, 5.74) is 2.45. The van der Waals surface area contributed by atoms with Gasteiger partial charge in [-0.05, 0) is 24.1 Å². The maximum atomic E-state index is 12.4. The number of H-pyrrole nitrogens is 1. The van der Waals surface area contributed by atoms with Gasteiger partial charge < -0.3 is 15.4 Å². The molecule has 3 aromatic rings. The Bertz CT molecular complexity index is 732. The summed E-state index contributed by atoms with van der Waals surface area (Å²) in [7, 11) is 0. The Hall–Kier alpha value is -2.59. The van der Waals surface area contributed by atoms with Gasteiger partial charge in [0.15, 0.2) is 0 Å². The van der Waals surface area contributed by atoms with Crippen LogP contribution in [0, 0.1) is 0 Å². The van der Waals surface area contributed by atoms with Gasteiger partial charge in [0.25, 0.3) is 5.91 Å². The molecule has 0 saturated carbocycles. The number of fused-ring (bicyclic) bond motifs is 1. The molecule has 1 unspecified atom stereocenters. The molecule has 0 bridgehead atoms. The summed E-state index contributed by atoms with van der Waals surface area (Å²) in [6.45, 7) is 0.0204. The molecule has 0 saturated heterocycles. The van der Waals surface area contributed by atoms with Crippen LogP contribution in [-0.2, 0) is 0 Å². The number of carbonyl (C=O) groups is 1. The van der Waals surface area contributed by atoms with Gasteiger partial charge in [-0.2, -0.15) is 0 Å². The first-order chi connectivity index (χ1) is 10.8. The summed E-state index contributed by atoms with van der Waals surface area (Å²) in [6, 6.07) is 19.1. The number of amides is 1. The van der Waals surface area contributed by atoms with E-state index in [2.05, 4.69) is 10.3 Å². The van der Waals surface area contributed by atoms with Crippen LogP contribution >= 0.6 is 0 Å². The van der Waals surface area contributed by atoms with Gasteiger partial charge in [-0.3, -0.25) is 4.79 Å². The van der Waals surface area contributed by atoms with Gasteiger partial charge in [-0.1, -0.05) is 48.5 Å². The quantitative estimate of drug-likeness (QED) is 0.677. The molecule has 1 aromatic heterocycles. The lowest BCUT2D eigenvalue weighted by atomic mass is 10.0. The molecule has 1 heterocycles. The third-order valence-corrected chi connectivity index (χ3v) is 3.70. The van der Waals surface area contributed by atoms with E-state index in [0.717, 1.165) is 16.5 Å². The topological polar surface area (TPSA) is 65.1 Å². The molecular weight excluding hydrogens is 276 g/mol. The minimum atomic E-state index is -0.204. The van der Waals surface area contributed by atoms with E-state index in [1.807, 2.05) is 60.7 Å². The molecule has 22 heavy (non-hydrogen) atoms. The predicted molar refractivity (Wildman–Crippen MR) is 86.7 cm³/mol. The Kier molecular flexibility index (Phi) is 4.21. The van der Waals surface area contributed by atoms with Crippen LogP contribution in [-0.4, -0.2) is 22.6 Å². The average Bonchev–Trinajstić information content (AvgIpc) is 2.99. The molecule has 0 fully saturated rings. The molecule has 4 heteroatoms. The van der Waals surface area contributed by atoms with E-state index in [0.29, 0.717) is 12.1 Å². The summed E-state index contributed by atoms with van der Waals surface area (Å²) >= 11 is 0. The Morgan fingerprint density at radius 2 is 1.82 bits per heavy atom. The lowest BCUT2D eigenvalue weighted by molar-refractivity contribution is 0.0925. The molecule has 4 nitrogen and oxygen atoms in total. The van der Waals surface area contributed by atoms with Crippen LogP contribution in [0.3, 0.4) is 0 Å². The number of carbonyl (C=O) groups excluding carboxylic acids is 1. The maximum Gasteiger partial charge on any atom is 0.268 e. The van der Waals surface area contributed by atoms with Crippen LogP contribution in [0.25, 0.3) is 10.9 Å². The van der Waals surface area contributed by atoms with Crippen molar-refractivity contribution in [1.82, 2.24) is 10.3 Å². The van der Waals surface area contributed by atoms with E-state index in [1.54, 1.807) is 0 Å². The lowest BCUT2D eigenvalue weighted by Gasteiger charge is -2.17. The van der Waals surface area contributed by atoms with Crippen molar-refractivity contribution in [3.05, 3.63) is 71.9 Å². The standard InChI is InChI=1S/C18H18N2O2/c21-11-10-16(13-6-2-1-3-7-13)20-18(22)17-12-14-8-4-5-9-15(14)19-17/h1-9,12,16,19,21H,10-11H2,(H,20,22). The normalized spacial score (nSPS) is 12.2. The molecule has 3 N–H and O–H groups in total. The highest BCUT2D eigenvalue weighted by Gasteiger charge is 2.16. The number of aliphatic hydroxyl groups is 1. The second-order valence-electron chi connectivity index (χ2n) is 5.22. The molecule has 0 radical (unpaired) electrons. The number of rotatable bonds is 5. The molecule has 0 aliphatic heterocycles. The molecular formula is C18H18N2O2. The highest BCUT2D eigenvalue weighted by atomic mass is 16.3. The van der Waals surface area contributed by atoms with Crippen molar-refractivity contribution in [3.8, 4) is 0 Å². The van der Waals surface area contributed by atoms with E-state index in [1.165, 1.54) is 0 Å². The Labute approximate surface area is 128 Å². The smallest absolute Gasteiger partial charge is 0.268 e. The molecule has 3 rings (SSSR count). The van der Waals surface area contributed by atoms with Crippen molar-refractivity contribution < 1.29 is 9.90 Å². The van der Waals surface area contributed by atoms with E-state index < -0.39 is 0 Å². The molecule has 1 amide bonds. The minimum absolute atomic E-state index is 0.0204. The number of benzene rings is 2. The summed E-state index contributed by atoms with van der Waals surface area (Å²) in [5, 5.41) is 13.2. The van der Waals surface area contributed by atoms with Crippen LogP contribution in [0.4, 0.5) is 0 Å². The Balaban J connectivity index is 1.81. The molecule has 0 aliphatic rings. The number of hydrogen-bond donors (Lipinski definition) is 3. The minimum Gasteiger partial charge on any atom is -0.396 e. The van der Waals surface area contributed by atoms with Gasteiger partial charge in [-0.25, -0.2) is 0 Å². The summed E-state index contributed by atoms with van der Waals surface area (Å²) in [4.78, 5) is 15.6. The molecule has 112 valence electrons. The molecule has 1 atom stereocenters. The Morgan fingerprint density at radius 1 is 1.09 bits per heavy atom. The largest absolute Gasteiger partial charge is 0.396 e. The van der Waals surface area contributed by atoms with Crippen molar-refractivity contribution in [2.75, 3.05) is 6.61 Å². The van der Waals surface area contributed by atoms with Crippen molar-refractivity contribution in [3.63, 3.8) is 0 Å². The average molecular weight is 294 g/mol. The summed E-state index contributed by atoms with van der Waals surface area (Å²) < 4.78 is 0. The summed E-state index contributed by atoms with van der Waals surface area (Å²) in [5.74, 6) is -0.168. The van der Waals surface area contributed by atoms with E-state index in [4.69, 9.17) is 0 Å². The second kappa shape index (κ2) is 6.45. The number of nitrogens with one attached hydrogen (secondary N) is 2. The van der Waals surface area contributed by atoms with Gasteiger partial charge in [0.2, 0.25) is 0 Å².